The number of halogens is 2. The number of carbonyl (C=O) groups is 1. The fourth-order valence-corrected chi connectivity index (χ4v) is 7.98. The number of piperidine rings is 1. The van der Waals surface area contributed by atoms with Gasteiger partial charge in [0.1, 0.15) is 18.4 Å². The molecule has 1 N–H and O–H groups in total. The fraction of sp³-hybridized carbons (Fsp3) is 0.500. The van der Waals surface area contributed by atoms with Crippen molar-refractivity contribution in [2.75, 3.05) is 40.5 Å². The van der Waals surface area contributed by atoms with Crippen molar-refractivity contribution in [3.63, 3.8) is 0 Å². The summed E-state index contributed by atoms with van der Waals surface area (Å²) >= 11 is 12.2. The number of benzene rings is 2. The summed E-state index contributed by atoms with van der Waals surface area (Å²) in [4.78, 5) is 15.4. The molecule has 2 aromatic rings. The Morgan fingerprint density at radius 2 is 1.74 bits per heavy atom. The van der Waals surface area contributed by atoms with E-state index in [9.17, 15) is 18.3 Å². The smallest absolute Gasteiger partial charge is 0.244 e. The van der Waals surface area contributed by atoms with Gasteiger partial charge in [-0.1, -0.05) is 23.2 Å². The van der Waals surface area contributed by atoms with Gasteiger partial charge >= 0.3 is 0 Å². The Morgan fingerprint density at radius 3 is 2.39 bits per heavy atom. The normalized spacial score (nSPS) is 22.2. The van der Waals surface area contributed by atoms with E-state index in [1.165, 1.54) is 29.6 Å². The van der Waals surface area contributed by atoms with Crippen molar-refractivity contribution in [3.05, 3.63) is 46.4 Å². The van der Waals surface area contributed by atoms with E-state index in [0.29, 0.717) is 49.5 Å². The third-order valence-corrected chi connectivity index (χ3v) is 9.45. The third-order valence-electron chi connectivity index (χ3n) is 7.10. The molecule has 0 radical (unpaired) electrons. The quantitative estimate of drug-likeness (QED) is 0.451. The summed E-state index contributed by atoms with van der Waals surface area (Å²) in [6, 6.07) is 8.05. The van der Waals surface area contributed by atoms with Crippen molar-refractivity contribution in [2.45, 2.75) is 42.7 Å². The van der Waals surface area contributed by atoms with Gasteiger partial charge in [0, 0.05) is 35.3 Å². The molecule has 208 valence electrons. The number of hydrogen-bond donors (Lipinski definition) is 1. The second-order valence-corrected chi connectivity index (χ2v) is 12.1. The van der Waals surface area contributed by atoms with E-state index in [1.807, 2.05) is 0 Å². The van der Waals surface area contributed by atoms with Crippen molar-refractivity contribution in [1.82, 2.24) is 9.21 Å². The molecule has 2 aliphatic rings. The van der Waals surface area contributed by atoms with E-state index in [2.05, 4.69) is 0 Å². The Hall–Kier alpha value is -2.24. The predicted molar refractivity (Wildman–Crippen MR) is 144 cm³/mol. The zero-order chi connectivity index (χ0) is 27.4. The monoisotopic (exact) mass is 586 g/mol. The summed E-state index contributed by atoms with van der Waals surface area (Å²) in [5.41, 5.74) is 0. The summed E-state index contributed by atoms with van der Waals surface area (Å²) in [5, 5.41) is 10.2. The number of nitrogens with zero attached hydrogens (tertiary/aromatic N) is 2. The van der Waals surface area contributed by atoms with Gasteiger partial charge in [0.05, 0.1) is 25.7 Å². The highest BCUT2D eigenvalue weighted by Gasteiger charge is 2.49. The van der Waals surface area contributed by atoms with Gasteiger partial charge in [0.25, 0.3) is 0 Å². The molecule has 2 aliphatic heterocycles. The van der Waals surface area contributed by atoms with Crippen LogP contribution >= 0.6 is 23.2 Å². The maximum atomic E-state index is 13.9. The molecule has 4 rings (SSSR count). The van der Waals surface area contributed by atoms with Crippen molar-refractivity contribution < 1.29 is 32.5 Å². The molecule has 0 aromatic heterocycles. The van der Waals surface area contributed by atoms with E-state index < -0.39 is 22.1 Å². The summed E-state index contributed by atoms with van der Waals surface area (Å²) in [6.07, 6.45) is 2.07. The molecule has 2 saturated heterocycles. The molecule has 3 atom stereocenters. The van der Waals surface area contributed by atoms with Gasteiger partial charge in [-0.25, -0.2) is 8.42 Å². The van der Waals surface area contributed by atoms with Crippen LogP contribution in [0.25, 0.3) is 0 Å². The average molecular weight is 588 g/mol. The lowest BCUT2D eigenvalue weighted by atomic mass is 9.88. The molecule has 12 heteroatoms. The highest BCUT2D eigenvalue weighted by atomic mass is 35.5. The molecule has 2 heterocycles. The second-order valence-electron chi connectivity index (χ2n) is 9.38. The van der Waals surface area contributed by atoms with Gasteiger partial charge in [-0.05, 0) is 61.9 Å². The Balaban J connectivity index is 1.59. The van der Waals surface area contributed by atoms with E-state index in [0.717, 1.165) is 0 Å². The minimum absolute atomic E-state index is 0.0484. The standard InChI is InChI=1S/C26H32Cl2N2O7S/c1-35-24-7-6-20(15-25(24)36-2)37-11-9-29-16-17(8-10-31)22-4-3-5-23(26(29)32)30(22)38(33,34)21-13-18(27)12-19(28)14-21/h6-7,12-15,17,22-23,31H,3-5,8-11,16H2,1-2H3/t17-,22?,23?/m0/s1. The lowest BCUT2D eigenvalue weighted by molar-refractivity contribution is -0.135. The summed E-state index contributed by atoms with van der Waals surface area (Å²) < 4.78 is 45.6. The molecule has 2 unspecified atom stereocenters. The van der Waals surface area contributed by atoms with Crippen molar-refractivity contribution in [2.24, 2.45) is 5.92 Å². The number of methoxy groups -OCH3 is 2. The largest absolute Gasteiger partial charge is 0.493 e. The lowest BCUT2D eigenvalue weighted by Crippen LogP contribution is -2.55. The highest BCUT2D eigenvalue weighted by Crippen LogP contribution is 2.39. The summed E-state index contributed by atoms with van der Waals surface area (Å²) in [6.45, 7) is 0.654. The lowest BCUT2D eigenvalue weighted by Gasteiger charge is -2.40. The zero-order valence-corrected chi connectivity index (χ0v) is 23.6. The van der Waals surface area contributed by atoms with Crippen LogP contribution in [0.2, 0.25) is 10.0 Å². The SMILES string of the molecule is COc1ccc(OCCN2C[C@H](CCO)C3CCCC(C2=O)N3S(=O)(=O)c2cc(Cl)cc(Cl)c2)cc1OC. The molecular weight excluding hydrogens is 555 g/mol. The van der Waals surface area contributed by atoms with Gasteiger partial charge in [-0.15, -0.1) is 0 Å². The summed E-state index contributed by atoms with van der Waals surface area (Å²) in [7, 11) is -1.01. The molecule has 9 nitrogen and oxygen atoms in total. The first kappa shape index (κ1) is 28.8. The van der Waals surface area contributed by atoms with Crippen molar-refractivity contribution in [3.8, 4) is 17.2 Å². The van der Waals surface area contributed by atoms with Crippen molar-refractivity contribution in [1.29, 1.82) is 0 Å². The maximum absolute atomic E-state index is 13.9. The Kier molecular flexibility index (Phi) is 9.31. The summed E-state index contributed by atoms with van der Waals surface area (Å²) in [5.74, 6) is 1.12. The van der Waals surface area contributed by atoms with Gasteiger partial charge < -0.3 is 24.2 Å². The van der Waals surface area contributed by atoms with Gasteiger partial charge in [-0.3, -0.25) is 4.79 Å². The first-order valence-corrected chi connectivity index (χ1v) is 14.6. The number of sulfonamides is 1. The first-order valence-electron chi connectivity index (χ1n) is 12.4. The van der Waals surface area contributed by atoms with Crippen LogP contribution in [0.1, 0.15) is 25.7 Å². The minimum Gasteiger partial charge on any atom is -0.493 e. The predicted octanol–water partition coefficient (Wildman–Crippen LogP) is 3.84. The molecule has 2 bridgehead atoms. The number of hydrogen-bond acceptors (Lipinski definition) is 7. The van der Waals surface area contributed by atoms with Crippen LogP contribution in [0.5, 0.6) is 17.2 Å². The highest BCUT2D eigenvalue weighted by molar-refractivity contribution is 7.89. The van der Waals surface area contributed by atoms with Crippen LogP contribution in [-0.2, 0) is 14.8 Å². The van der Waals surface area contributed by atoms with Crippen molar-refractivity contribution >= 4 is 39.1 Å². The van der Waals surface area contributed by atoms with E-state index >= 15 is 0 Å². The van der Waals surface area contributed by atoms with Gasteiger partial charge in [-0.2, -0.15) is 4.31 Å². The molecule has 2 aromatic carbocycles. The second kappa shape index (κ2) is 12.3. The molecule has 0 spiro atoms. The fourth-order valence-electron chi connectivity index (χ4n) is 5.36. The molecule has 38 heavy (non-hydrogen) atoms. The maximum Gasteiger partial charge on any atom is 0.244 e. The van der Waals surface area contributed by atoms with E-state index in [4.69, 9.17) is 37.4 Å². The van der Waals surface area contributed by atoms with Crippen LogP contribution in [0.4, 0.5) is 0 Å². The number of aliphatic hydroxyl groups is 1. The van der Waals surface area contributed by atoms with Crippen LogP contribution in [0, 0.1) is 5.92 Å². The zero-order valence-electron chi connectivity index (χ0n) is 21.3. The van der Waals surface area contributed by atoms with Crippen LogP contribution in [-0.4, -0.2) is 81.2 Å². The van der Waals surface area contributed by atoms with Crippen LogP contribution in [0.15, 0.2) is 41.3 Å². The number of amides is 1. The molecule has 0 aliphatic carbocycles. The molecule has 0 saturated carbocycles. The Morgan fingerprint density at radius 1 is 1.03 bits per heavy atom. The van der Waals surface area contributed by atoms with Crippen LogP contribution in [0.3, 0.4) is 0 Å². The molecule has 2 fully saturated rings. The number of aliphatic hydroxyl groups excluding tert-OH is 1. The minimum atomic E-state index is -4.10. The number of fused-ring (bicyclic) bond motifs is 2. The Bertz CT molecular complexity index is 1240. The Labute approximate surface area is 233 Å². The number of rotatable bonds is 10. The molecular formula is C26H32Cl2N2O7S. The average Bonchev–Trinajstić information content (AvgIpc) is 2.96. The number of carbonyl (C=O) groups excluding carboxylic acids is 1. The van der Waals surface area contributed by atoms with Gasteiger partial charge in [0.15, 0.2) is 11.5 Å². The first-order chi connectivity index (χ1) is 18.2. The number of ether oxygens (including phenoxy) is 3. The van der Waals surface area contributed by atoms with Crippen LogP contribution < -0.4 is 14.2 Å². The van der Waals surface area contributed by atoms with E-state index in [1.54, 1.807) is 30.2 Å². The van der Waals surface area contributed by atoms with E-state index in [-0.39, 0.29) is 46.5 Å². The molecule has 1 amide bonds. The topological polar surface area (TPSA) is 106 Å². The third kappa shape index (κ3) is 5.99. The van der Waals surface area contributed by atoms with Gasteiger partial charge in [0.2, 0.25) is 15.9 Å².